The Hall–Kier alpha value is -3.55. The molecule has 2 heterocycles. The third-order valence-corrected chi connectivity index (χ3v) is 6.21. The van der Waals surface area contributed by atoms with Crippen molar-refractivity contribution in [2.45, 2.75) is 19.6 Å². The Labute approximate surface area is 207 Å². The molecule has 4 aromatic rings. The van der Waals surface area contributed by atoms with Crippen molar-refractivity contribution in [3.63, 3.8) is 0 Å². The molecule has 1 N–H and O–H groups in total. The number of rotatable bonds is 9. The van der Waals surface area contributed by atoms with Crippen molar-refractivity contribution in [1.29, 1.82) is 0 Å². The number of hydrogen-bond donors (Lipinski definition) is 1. The number of halogens is 1. The van der Waals surface area contributed by atoms with Gasteiger partial charge < -0.3 is 19.5 Å². The molecule has 8 heteroatoms. The van der Waals surface area contributed by atoms with E-state index in [2.05, 4.69) is 5.32 Å². The first-order valence-corrected chi connectivity index (χ1v) is 12.0. The summed E-state index contributed by atoms with van der Waals surface area (Å²) in [5.41, 5.74) is 1.57. The summed E-state index contributed by atoms with van der Waals surface area (Å²) in [6.07, 6.45) is 1.54. The van der Waals surface area contributed by atoms with Gasteiger partial charge in [-0.15, -0.1) is 11.3 Å². The summed E-state index contributed by atoms with van der Waals surface area (Å²) in [6, 6.07) is 23.8. The highest BCUT2D eigenvalue weighted by atomic mass is 35.5. The third kappa shape index (κ3) is 6.73. The normalized spacial score (nSPS) is 10.6. The summed E-state index contributed by atoms with van der Waals surface area (Å²) in [4.78, 5) is 30.9. The Balaban J connectivity index is 1.52. The first kappa shape index (κ1) is 23.6. The molecule has 0 atom stereocenters. The predicted molar refractivity (Wildman–Crippen MR) is 135 cm³/mol. The van der Waals surface area contributed by atoms with Crippen molar-refractivity contribution in [1.82, 2.24) is 9.80 Å². The Morgan fingerprint density at radius 1 is 0.882 bits per heavy atom. The maximum Gasteiger partial charge on any atom is 0.322 e. The average Bonchev–Trinajstić information content (AvgIpc) is 3.53. The quantitative estimate of drug-likeness (QED) is 0.299. The van der Waals surface area contributed by atoms with Gasteiger partial charge in [0.25, 0.3) is 0 Å². The van der Waals surface area contributed by atoms with Crippen LogP contribution in [0.5, 0.6) is 0 Å². The van der Waals surface area contributed by atoms with Gasteiger partial charge in [-0.2, -0.15) is 0 Å². The number of carbonyl (C=O) groups is 2. The molecule has 3 amide bonds. The molecule has 0 radical (unpaired) electrons. The first-order chi connectivity index (χ1) is 16.6. The van der Waals surface area contributed by atoms with Gasteiger partial charge in [-0.1, -0.05) is 54.1 Å². The zero-order valence-electron chi connectivity index (χ0n) is 18.4. The highest BCUT2D eigenvalue weighted by Crippen LogP contribution is 2.18. The van der Waals surface area contributed by atoms with Crippen molar-refractivity contribution < 1.29 is 14.0 Å². The number of nitrogens with one attached hydrogen (secondary N) is 1. The molecule has 6 nitrogen and oxygen atoms in total. The van der Waals surface area contributed by atoms with Gasteiger partial charge in [0.05, 0.1) is 19.4 Å². The van der Waals surface area contributed by atoms with Crippen LogP contribution in [-0.4, -0.2) is 28.3 Å². The number of carbonyl (C=O) groups excluding carboxylic acids is 2. The molecule has 0 spiro atoms. The molecule has 2 aromatic heterocycles. The van der Waals surface area contributed by atoms with E-state index in [-0.39, 0.29) is 19.0 Å². The molecule has 4 rings (SSSR count). The number of hydrogen-bond acceptors (Lipinski definition) is 4. The Kier molecular flexibility index (Phi) is 8.01. The van der Waals surface area contributed by atoms with Crippen molar-refractivity contribution in [2.24, 2.45) is 0 Å². The van der Waals surface area contributed by atoms with Crippen LogP contribution in [0.3, 0.4) is 0 Å². The molecule has 0 unspecified atom stereocenters. The minimum atomic E-state index is -0.414. The molecule has 0 bridgehead atoms. The lowest BCUT2D eigenvalue weighted by Gasteiger charge is -2.27. The molecule has 174 valence electrons. The van der Waals surface area contributed by atoms with E-state index in [9.17, 15) is 9.59 Å². The SMILES string of the molecule is O=C(CN(Cc1ccco1)C(=O)Nc1cccc(Cl)c1)N(Cc1ccccc1)Cc1cccs1. The second-order valence-corrected chi connectivity index (χ2v) is 9.16. The van der Waals surface area contributed by atoms with E-state index in [1.54, 1.807) is 58.9 Å². The minimum absolute atomic E-state index is 0.106. The van der Waals surface area contributed by atoms with Crippen LogP contribution in [0.15, 0.2) is 94.9 Å². The van der Waals surface area contributed by atoms with Crippen molar-refractivity contribution >= 4 is 40.6 Å². The lowest BCUT2D eigenvalue weighted by Crippen LogP contribution is -2.43. The van der Waals surface area contributed by atoms with Crippen LogP contribution >= 0.6 is 22.9 Å². The first-order valence-electron chi connectivity index (χ1n) is 10.7. The largest absolute Gasteiger partial charge is 0.467 e. The lowest BCUT2D eigenvalue weighted by molar-refractivity contribution is -0.133. The highest BCUT2D eigenvalue weighted by Gasteiger charge is 2.23. The van der Waals surface area contributed by atoms with Crippen LogP contribution in [0.2, 0.25) is 5.02 Å². The van der Waals surface area contributed by atoms with E-state index in [0.29, 0.717) is 29.6 Å². The molecule has 0 saturated heterocycles. The number of amides is 3. The summed E-state index contributed by atoms with van der Waals surface area (Å²) < 4.78 is 5.44. The number of benzene rings is 2. The zero-order chi connectivity index (χ0) is 23.8. The topological polar surface area (TPSA) is 65.8 Å². The summed E-state index contributed by atoms with van der Waals surface area (Å²) in [6.45, 7) is 0.965. The van der Waals surface area contributed by atoms with Gasteiger partial charge in [-0.25, -0.2) is 4.79 Å². The molecule has 34 heavy (non-hydrogen) atoms. The summed E-state index contributed by atoms with van der Waals surface area (Å²) in [5, 5.41) is 5.33. The molecule has 2 aromatic carbocycles. The van der Waals surface area contributed by atoms with E-state index < -0.39 is 6.03 Å². The molecular weight excluding hydrogens is 470 g/mol. The Bertz CT molecular complexity index is 1200. The van der Waals surface area contributed by atoms with Crippen LogP contribution in [0.1, 0.15) is 16.2 Å². The fourth-order valence-electron chi connectivity index (χ4n) is 3.45. The fraction of sp³-hybridized carbons (Fsp3) is 0.154. The van der Waals surface area contributed by atoms with Crippen LogP contribution in [0.25, 0.3) is 0 Å². The van der Waals surface area contributed by atoms with Gasteiger partial charge in [0.1, 0.15) is 12.3 Å². The zero-order valence-corrected chi connectivity index (χ0v) is 20.0. The standard InChI is InChI=1S/C26H24ClN3O3S/c27-21-9-4-10-22(15-21)28-26(32)30(17-23-11-5-13-33-23)19-25(31)29(18-24-12-6-14-34-24)16-20-7-2-1-3-8-20/h1-15H,16-19H2,(H,28,32). The van der Waals surface area contributed by atoms with Gasteiger partial charge in [0, 0.05) is 22.1 Å². The van der Waals surface area contributed by atoms with E-state index in [0.717, 1.165) is 10.4 Å². The van der Waals surface area contributed by atoms with Gasteiger partial charge >= 0.3 is 6.03 Å². The van der Waals surface area contributed by atoms with Crippen molar-refractivity contribution in [3.8, 4) is 0 Å². The lowest BCUT2D eigenvalue weighted by atomic mass is 10.2. The summed E-state index contributed by atoms with van der Waals surface area (Å²) >= 11 is 7.65. The Morgan fingerprint density at radius 2 is 1.74 bits per heavy atom. The molecule has 0 aliphatic carbocycles. The van der Waals surface area contributed by atoms with E-state index in [4.69, 9.17) is 16.0 Å². The van der Waals surface area contributed by atoms with E-state index >= 15 is 0 Å². The van der Waals surface area contributed by atoms with Crippen LogP contribution in [-0.2, 0) is 24.4 Å². The van der Waals surface area contributed by atoms with Crippen molar-refractivity contribution in [3.05, 3.63) is 112 Å². The smallest absolute Gasteiger partial charge is 0.322 e. The molecule has 0 aliphatic rings. The number of furan rings is 1. The van der Waals surface area contributed by atoms with E-state index in [1.165, 1.54) is 4.90 Å². The van der Waals surface area contributed by atoms with Gasteiger partial charge in [0.2, 0.25) is 5.91 Å². The third-order valence-electron chi connectivity index (χ3n) is 5.11. The number of anilines is 1. The van der Waals surface area contributed by atoms with Crippen molar-refractivity contribution in [2.75, 3.05) is 11.9 Å². The monoisotopic (exact) mass is 493 g/mol. The fourth-order valence-corrected chi connectivity index (χ4v) is 4.36. The van der Waals surface area contributed by atoms with Crippen LogP contribution < -0.4 is 5.32 Å². The maximum atomic E-state index is 13.5. The summed E-state index contributed by atoms with van der Waals surface area (Å²) in [5.74, 6) is 0.423. The number of thiophene rings is 1. The number of nitrogens with zero attached hydrogens (tertiary/aromatic N) is 2. The van der Waals surface area contributed by atoms with E-state index in [1.807, 2.05) is 47.8 Å². The highest BCUT2D eigenvalue weighted by molar-refractivity contribution is 7.09. The van der Waals surface area contributed by atoms with Crippen LogP contribution in [0, 0.1) is 0 Å². The molecule has 0 saturated carbocycles. The van der Waals surface area contributed by atoms with Gasteiger partial charge in [0.15, 0.2) is 0 Å². The maximum absolute atomic E-state index is 13.5. The molecule has 0 aliphatic heterocycles. The second-order valence-electron chi connectivity index (χ2n) is 7.69. The molecular formula is C26H24ClN3O3S. The predicted octanol–water partition coefficient (Wildman–Crippen LogP) is 6.26. The molecule has 0 fully saturated rings. The summed E-state index contributed by atoms with van der Waals surface area (Å²) in [7, 11) is 0. The number of urea groups is 1. The van der Waals surface area contributed by atoms with Gasteiger partial charge in [-0.3, -0.25) is 4.79 Å². The second kappa shape index (κ2) is 11.5. The Morgan fingerprint density at radius 3 is 2.44 bits per heavy atom. The van der Waals surface area contributed by atoms with Crippen LogP contribution in [0.4, 0.5) is 10.5 Å². The van der Waals surface area contributed by atoms with Gasteiger partial charge in [-0.05, 0) is 47.3 Å². The minimum Gasteiger partial charge on any atom is -0.467 e. The average molecular weight is 494 g/mol.